The molecule has 2 heteroatoms. The van der Waals surface area contributed by atoms with Crippen molar-refractivity contribution in [1.82, 2.24) is 0 Å². The average Bonchev–Trinajstić information content (AvgIpc) is 2.53. The molecule has 0 N–H and O–H groups in total. The van der Waals surface area contributed by atoms with Crippen LogP contribution in [0.5, 0.6) is 11.5 Å². The van der Waals surface area contributed by atoms with Crippen molar-refractivity contribution in [3.63, 3.8) is 0 Å². The Bertz CT molecular complexity index is 726. The van der Waals surface area contributed by atoms with Crippen LogP contribution in [0.3, 0.4) is 0 Å². The van der Waals surface area contributed by atoms with Gasteiger partial charge in [-0.15, -0.1) is 0 Å². The van der Waals surface area contributed by atoms with Crippen LogP contribution < -0.4 is 9.47 Å². The van der Waals surface area contributed by atoms with Gasteiger partial charge in [0, 0.05) is 0 Å². The van der Waals surface area contributed by atoms with E-state index >= 15 is 0 Å². The maximum absolute atomic E-state index is 5.81. The van der Waals surface area contributed by atoms with Crippen LogP contribution in [0.1, 0.15) is 61.1 Å². The summed E-state index contributed by atoms with van der Waals surface area (Å²) in [6.07, 6.45) is 0.994. The lowest BCUT2D eigenvalue weighted by molar-refractivity contribution is 0.334. The molecule has 26 heavy (non-hydrogen) atoms. The van der Waals surface area contributed by atoms with Crippen molar-refractivity contribution in [2.75, 3.05) is 13.2 Å². The van der Waals surface area contributed by atoms with Gasteiger partial charge in [-0.05, 0) is 86.8 Å². The van der Waals surface area contributed by atoms with E-state index in [1.807, 2.05) is 13.8 Å². The summed E-state index contributed by atoms with van der Waals surface area (Å²) in [6, 6.07) is 9.11. The van der Waals surface area contributed by atoms with Crippen LogP contribution in [0, 0.1) is 27.7 Å². The van der Waals surface area contributed by atoms with E-state index in [4.69, 9.17) is 9.47 Å². The Morgan fingerprint density at radius 3 is 1.46 bits per heavy atom. The predicted molar refractivity (Wildman–Crippen MR) is 111 cm³/mol. The second-order valence-corrected chi connectivity index (χ2v) is 7.92. The minimum Gasteiger partial charge on any atom is -0.493 e. The van der Waals surface area contributed by atoms with E-state index in [-0.39, 0.29) is 5.41 Å². The van der Waals surface area contributed by atoms with E-state index in [1.54, 1.807) is 0 Å². The van der Waals surface area contributed by atoms with Crippen LogP contribution in [0.25, 0.3) is 0 Å². The molecule has 2 rings (SSSR count). The summed E-state index contributed by atoms with van der Waals surface area (Å²) in [4.78, 5) is 0. The van der Waals surface area contributed by atoms with E-state index in [0.29, 0.717) is 13.2 Å². The lowest BCUT2D eigenvalue weighted by Crippen LogP contribution is -2.21. The molecular weight excluding hydrogens is 320 g/mol. The van der Waals surface area contributed by atoms with Gasteiger partial charge in [-0.2, -0.15) is 0 Å². The molecule has 0 fully saturated rings. The van der Waals surface area contributed by atoms with Crippen LogP contribution in [0.2, 0.25) is 0 Å². The Morgan fingerprint density at radius 1 is 0.692 bits per heavy atom. The number of benzene rings is 2. The van der Waals surface area contributed by atoms with E-state index < -0.39 is 0 Å². The fraction of sp³-hybridized carbons (Fsp3) is 0.500. The zero-order valence-electron chi connectivity index (χ0n) is 17.7. The number of aryl methyl sites for hydroxylation is 4. The predicted octanol–water partition coefficient (Wildman–Crippen LogP) is 6.24. The van der Waals surface area contributed by atoms with Crippen molar-refractivity contribution >= 4 is 0 Å². The molecule has 0 aliphatic heterocycles. The Kier molecular flexibility index (Phi) is 6.39. The van der Waals surface area contributed by atoms with E-state index in [1.165, 1.54) is 33.4 Å². The summed E-state index contributed by atoms with van der Waals surface area (Å²) < 4.78 is 11.6. The highest BCUT2D eigenvalue weighted by Crippen LogP contribution is 2.35. The van der Waals surface area contributed by atoms with Gasteiger partial charge in [-0.1, -0.05) is 38.1 Å². The Morgan fingerprint density at radius 2 is 1.08 bits per heavy atom. The standard InChI is InChI=1S/C24H34O2/c1-9-25-22-16(3)11-20(12-17(22)4)15-24(7,8)21-13-18(5)23(26-10-2)19(6)14-21/h11-14H,9-10,15H2,1-8H3. The highest BCUT2D eigenvalue weighted by Gasteiger charge is 2.24. The Balaban J connectivity index is 2.34. The lowest BCUT2D eigenvalue weighted by atomic mass is 9.77. The molecular formula is C24H34O2. The molecule has 0 heterocycles. The molecule has 142 valence electrons. The largest absolute Gasteiger partial charge is 0.493 e. The van der Waals surface area contributed by atoms with Crippen LogP contribution in [0.4, 0.5) is 0 Å². The van der Waals surface area contributed by atoms with Crippen LogP contribution in [0.15, 0.2) is 24.3 Å². The molecule has 0 bridgehead atoms. The summed E-state index contributed by atoms with van der Waals surface area (Å²) in [5, 5.41) is 0. The molecule has 0 unspecified atom stereocenters. The molecule has 0 amide bonds. The third kappa shape index (κ3) is 4.41. The average molecular weight is 355 g/mol. The molecule has 2 nitrogen and oxygen atoms in total. The number of rotatable bonds is 7. The van der Waals surface area contributed by atoms with E-state index in [0.717, 1.165) is 17.9 Å². The summed E-state index contributed by atoms with van der Waals surface area (Å²) >= 11 is 0. The van der Waals surface area contributed by atoms with Crippen LogP contribution in [-0.2, 0) is 11.8 Å². The smallest absolute Gasteiger partial charge is 0.125 e. The maximum Gasteiger partial charge on any atom is 0.125 e. The molecule has 0 saturated carbocycles. The first-order valence-electron chi connectivity index (χ1n) is 9.67. The summed E-state index contributed by atoms with van der Waals surface area (Å²) in [7, 11) is 0. The minimum absolute atomic E-state index is 0.0479. The lowest BCUT2D eigenvalue weighted by Gasteiger charge is -2.28. The SMILES string of the molecule is CCOc1c(C)cc(CC(C)(C)c2cc(C)c(OCC)c(C)c2)cc1C. The van der Waals surface area contributed by atoms with E-state index in [9.17, 15) is 0 Å². The van der Waals surface area contributed by atoms with E-state index in [2.05, 4.69) is 65.8 Å². The number of ether oxygens (including phenoxy) is 2. The second kappa shape index (κ2) is 8.16. The Labute approximate surface area is 159 Å². The first kappa shape index (κ1) is 20.4. The van der Waals surface area contributed by atoms with Crippen molar-refractivity contribution in [2.24, 2.45) is 0 Å². The summed E-state index contributed by atoms with van der Waals surface area (Å²) in [5.41, 5.74) is 7.64. The molecule has 0 saturated heterocycles. The van der Waals surface area contributed by atoms with Crippen LogP contribution >= 0.6 is 0 Å². The normalized spacial score (nSPS) is 11.5. The third-order valence-corrected chi connectivity index (χ3v) is 4.99. The van der Waals surface area contributed by atoms with Gasteiger partial charge in [0.15, 0.2) is 0 Å². The molecule has 2 aromatic rings. The molecule has 0 radical (unpaired) electrons. The molecule has 0 aliphatic carbocycles. The van der Waals surface area contributed by atoms with Crippen molar-refractivity contribution in [1.29, 1.82) is 0 Å². The molecule has 0 aromatic heterocycles. The minimum atomic E-state index is 0.0479. The van der Waals surface area contributed by atoms with Crippen LogP contribution in [-0.4, -0.2) is 13.2 Å². The second-order valence-electron chi connectivity index (χ2n) is 7.92. The number of hydrogen-bond acceptors (Lipinski definition) is 2. The first-order valence-corrected chi connectivity index (χ1v) is 9.67. The van der Waals surface area contributed by atoms with Crippen molar-refractivity contribution < 1.29 is 9.47 Å². The first-order chi connectivity index (χ1) is 12.2. The Hall–Kier alpha value is -1.96. The van der Waals surface area contributed by atoms with Gasteiger partial charge >= 0.3 is 0 Å². The third-order valence-electron chi connectivity index (χ3n) is 4.99. The zero-order valence-corrected chi connectivity index (χ0v) is 17.7. The topological polar surface area (TPSA) is 18.5 Å². The van der Waals surface area contributed by atoms with Gasteiger partial charge in [0.2, 0.25) is 0 Å². The van der Waals surface area contributed by atoms with Gasteiger partial charge in [-0.3, -0.25) is 0 Å². The van der Waals surface area contributed by atoms with Crippen molar-refractivity contribution in [2.45, 2.75) is 67.2 Å². The molecule has 0 atom stereocenters. The summed E-state index contributed by atoms with van der Waals surface area (Å²) in [6.45, 7) is 18.7. The fourth-order valence-electron chi connectivity index (χ4n) is 3.84. The zero-order chi connectivity index (χ0) is 19.5. The maximum atomic E-state index is 5.81. The van der Waals surface area contributed by atoms with Gasteiger partial charge in [0.1, 0.15) is 11.5 Å². The monoisotopic (exact) mass is 354 g/mol. The highest BCUT2D eigenvalue weighted by molar-refractivity contribution is 5.47. The molecule has 0 spiro atoms. The van der Waals surface area contributed by atoms with Gasteiger partial charge < -0.3 is 9.47 Å². The number of hydrogen-bond donors (Lipinski definition) is 0. The fourth-order valence-corrected chi connectivity index (χ4v) is 3.84. The van der Waals surface area contributed by atoms with Crippen molar-refractivity contribution in [3.8, 4) is 11.5 Å². The van der Waals surface area contributed by atoms with Crippen molar-refractivity contribution in [3.05, 3.63) is 57.6 Å². The quantitative estimate of drug-likeness (QED) is 0.586. The van der Waals surface area contributed by atoms with Gasteiger partial charge in [-0.25, -0.2) is 0 Å². The molecule has 2 aromatic carbocycles. The highest BCUT2D eigenvalue weighted by atomic mass is 16.5. The molecule has 0 aliphatic rings. The van der Waals surface area contributed by atoms with Gasteiger partial charge in [0.05, 0.1) is 13.2 Å². The summed E-state index contributed by atoms with van der Waals surface area (Å²) in [5.74, 6) is 2.06. The van der Waals surface area contributed by atoms with Gasteiger partial charge in [0.25, 0.3) is 0 Å².